The number of rotatable bonds is 1. The number of ether oxygens (including phenoxy) is 1. The highest BCUT2D eigenvalue weighted by atomic mass is 35.5. The van der Waals surface area contributed by atoms with Crippen molar-refractivity contribution in [2.24, 2.45) is 0 Å². The van der Waals surface area contributed by atoms with Crippen LogP contribution in [0.15, 0.2) is 18.3 Å². The summed E-state index contributed by atoms with van der Waals surface area (Å²) in [6, 6.07) is 3.44. The second-order valence-electron chi connectivity index (χ2n) is 2.81. The van der Waals surface area contributed by atoms with Gasteiger partial charge >= 0.3 is 0 Å². The Hall–Kier alpha value is -0.640. The monoisotopic (exact) mass is 199 g/mol. The third-order valence-electron chi connectivity index (χ3n) is 1.85. The zero-order chi connectivity index (χ0) is 10.0. The SMILES string of the molecule is [2H]C1(c2ccc(Cl)cn2)CNCCO1. The van der Waals surface area contributed by atoms with Crippen molar-refractivity contribution in [2.45, 2.75) is 6.08 Å². The molecular formula is C9H11ClN2O. The highest BCUT2D eigenvalue weighted by Gasteiger charge is 2.16. The van der Waals surface area contributed by atoms with Gasteiger partial charge in [0.15, 0.2) is 0 Å². The minimum atomic E-state index is -1.07. The minimum absolute atomic E-state index is 0.460. The number of hydrogen-bond donors (Lipinski definition) is 1. The molecule has 2 rings (SSSR count). The van der Waals surface area contributed by atoms with Crippen molar-refractivity contribution in [3.8, 4) is 0 Å². The van der Waals surface area contributed by atoms with Crippen molar-refractivity contribution in [1.82, 2.24) is 10.3 Å². The predicted molar refractivity (Wildman–Crippen MR) is 50.8 cm³/mol. The molecule has 1 N–H and O–H groups in total. The molecule has 1 aliphatic rings. The third kappa shape index (κ3) is 2.18. The van der Waals surface area contributed by atoms with Gasteiger partial charge in [-0.15, -0.1) is 0 Å². The van der Waals surface area contributed by atoms with Gasteiger partial charge in [0.2, 0.25) is 0 Å². The van der Waals surface area contributed by atoms with Crippen LogP contribution in [-0.2, 0) is 4.74 Å². The molecular weight excluding hydrogens is 188 g/mol. The summed E-state index contributed by atoms with van der Waals surface area (Å²) in [5.74, 6) is 0. The lowest BCUT2D eigenvalue weighted by Crippen LogP contribution is -2.33. The first-order chi connectivity index (χ1) is 6.71. The molecule has 0 saturated carbocycles. The van der Waals surface area contributed by atoms with Gasteiger partial charge in [0.1, 0.15) is 6.08 Å². The predicted octanol–water partition coefficient (Wildman–Crippen LogP) is 1.40. The van der Waals surface area contributed by atoms with Crippen molar-refractivity contribution < 1.29 is 6.11 Å². The fourth-order valence-corrected chi connectivity index (χ4v) is 1.32. The number of hydrogen-bond acceptors (Lipinski definition) is 3. The summed E-state index contributed by atoms with van der Waals surface area (Å²) in [5.41, 5.74) is 0.592. The smallest absolute Gasteiger partial charge is 0.112 e. The number of aromatic nitrogens is 1. The van der Waals surface area contributed by atoms with E-state index < -0.39 is 6.08 Å². The van der Waals surface area contributed by atoms with Crippen LogP contribution >= 0.6 is 11.6 Å². The van der Waals surface area contributed by atoms with E-state index >= 15 is 0 Å². The summed E-state index contributed by atoms with van der Waals surface area (Å²) in [5, 5.41) is 3.67. The Morgan fingerprint density at radius 2 is 2.62 bits per heavy atom. The molecule has 70 valence electrons. The summed E-state index contributed by atoms with van der Waals surface area (Å²) < 4.78 is 13.4. The fraction of sp³-hybridized carbons (Fsp3) is 0.444. The van der Waals surface area contributed by atoms with Crippen molar-refractivity contribution in [2.75, 3.05) is 19.7 Å². The topological polar surface area (TPSA) is 34.2 Å². The first kappa shape index (κ1) is 7.74. The molecule has 0 amide bonds. The van der Waals surface area contributed by atoms with E-state index in [0.717, 1.165) is 6.54 Å². The van der Waals surface area contributed by atoms with Crippen molar-refractivity contribution >= 4 is 11.6 Å². The standard InChI is InChI=1S/C9H11ClN2O/c10-7-1-2-8(12-5-7)9-6-11-3-4-13-9/h1-2,5,9,11H,3-4,6H2/i9D. The number of nitrogens with one attached hydrogen (secondary N) is 1. The molecule has 13 heavy (non-hydrogen) atoms. The molecule has 1 aromatic rings. The summed E-state index contributed by atoms with van der Waals surface area (Å²) in [7, 11) is 0. The lowest BCUT2D eigenvalue weighted by atomic mass is 10.2. The average molecular weight is 200 g/mol. The van der Waals surface area contributed by atoms with E-state index in [2.05, 4.69) is 10.3 Å². The Balaban J connectivity index is 2.23. The number of morpholine rings is 1. The molecule has 1 atom stereocenters. The molecule has 4 heteroatoms. The van der Waals surface area contributed by atoms with Crippen LogP contribution in [0.5, 0.6) is 0 Å². The molecule has 0 radical (unpaired) electrons. The first-order valence-electron chi connectivity index (χ1n) is 4.67. The molecule has 0 bridgehead atoms. The van der Waals surface area contributed by atoms with Crippen molar-refractivity contribution in [3.63, 3.8) is 0 Å². The van der Waals surface area contributed by atoms with E-state index in [1.807, 2.05) is 0 Å². The van der Waals surface area contributed by atoms with Gasteiger partial charge < -0.3 is 10.1 Å². The number of halogens is 1. The van der Waals surface area contributed by atoms with Gasteiger partial charge in [-0.05, 0) is 12.1 Å². The van der Waals surface area contributed by atoms with Crippen LogP contribution in [0.3, 0.4) is 0 Å². The molecule has 1 fully saturated rings. The van der Waals surface area contributed by atoms with Crippen LogP contribution in [-0.4, -0.2) is 24.7 Å². The molecule has 1 saturated heterocycles. The van der Waals surface area contributed by atoms with Crippen molar-refractivity contribution in [1.29, 1.82) is 0 Å². The van der Waals surface area contributed by atoms with Gasteiger partial charge in [-0.1, -0.05) is 11.6 Å². The van der Waals surface area contributed by atoms with Gasteiger partial charge in [0.25, 0.3) is 0 Å². The summed E-state index contributed by atoms with van der Waals surface area (Å²) in [6.07, 6.45) is 0.466. The largest absolute Gasteiger partial charge is 0.369 e. The molecule has 0 aliphatic carbocycles. The van der Waals surface area contributed by atoms with E-state index in [-0.39, 0.29) is 0 Å². The zero-order valence-corrected chi connectivity index (χ0v) is 7.84. The zero-order valence-electron chi connectivity index (χ0n) is 8.09. The quantitative estimate of drug-likeness (QED) is 0.743. The minimum Gasteiger partial charge on any atom is -0.369 e. The van der Waals surface area contributed by atoms with Crippen LogP contribution in [0.2, 0.25) is 5.02 Å². The van der Waals surface area contributed by atoms with Gasteiger partial charge in [-0.25, -0.2) is 0 Å². The second kappa shape index (κ2) is 4.05. The Bertz CT molecular complexity index is 311. The summed E-state index contributed by atoms with van der Waals surface area (Å²) >= 11 is 5.72. The highest BCUT2D eigenvalue weighted by Crippen LogP contribution is 2.17. The first-order valence-corrected chi connectivity index (χ1v) is 4.55. The Morgan fingerprint density at radius 1 is 1.69 bits per heavy atom. The molecule has 3 nitrogen and oxygen atoms in total. The van der Waals surface area contributed by atoms with Crippen molar-refractivity contribution in [3.05, 3.63) is 29.0 Å². The van der Waals surface area contributed by atoms with E-state index in [1.165, 1.54) is 6.20 Å². The maximum atomic E-state index is 8.04. The Kier molecular flexibility index (Phi) is 2.41. The molecule has 0 aromatic carbocycles. The number of nitrogens with zero attached hydrogens (tertiary/aromatic N) is 1. The maximum absolute atomic E-state index is 8.04. The highest BCUT2D eigenvalue weighted by molar-refractivity contribution is 6.30. The summed E-state index contributed by atoms with van der Waals surface area (Å²) in [6.45, 7) is 1.78. The van der Waals surface area contributed by atoms with Gasteiger partial charge in [-0.2, -0.15) is 0 Å². The third-order valence-corrected chi connectivity index (χ3v) is 2.08. The average Bonchev–Trinajstić information content (AvgIpc) is 2.19. The van der Waals surface area contributed by atoms with Gasteiger partial charge in [0, 0.05) is 19.3 Å². The van der Waals surface area contributed by atoms with Crippen LogP contribution in [0.25, 0.3) is 0 Å². The van der Waals surface area contributed by atoms with Gasteiger partial charge in [-0.3, -0.25) is 4.98 Å². The van der Waals surface area contributed by atoms with E-state index in [9.17, 15) is 0 Å². The lowest BCUT2D eigenvalue weighted by molar-refractivity contribution is 0.0250. The number of pyridine rings is 1. The molecule has 1 aliphatic heterocycles. The molecule has 2 heterocycles. The maximum Gasteiger partial charge on any atom is 0.112 e. The van der Waals surface area contributed by atoms with Gasteiger partial charge in [0.05, 0.1) is 18.7 Å². The molecule has 1 aromatic heterocycles. The van der Waals surface area contributed by atoms with E-state index in [4.69, 9.17) is 17.7 Å². The Morgan fingerprint density at radius 3 is 3.23 bits per heavy atom. The lowest BCUT2D eigenvalue weighted by Gasteiger charge is -2.22. The molecule has 1 unspecified atom stereocenters. The fourth-order valence-electron chi connectivity index (χ4n) is 1.20. The van der Waals surface area contributed by atoms with Crippen LogP contribution in [0.4, 0.5) is 0 Å². The molecule has 0 spiro atoms. The Labute approximate surface area is 83.5 Å². The van der Waals surface area contributed by atoms with Crippen LogP contribution in [0, 0.1) is 0 Å². The summed E-state index contributed by atoms with van der Waals surface area (Å²) in [4.78, 5) is 4.09. The van der Waals surface area contributed by atoms with E-state index in [1.54, 1.807) is 12.1 Å². The van der Waals surface area contributed by atoms with Crippen LogP contribution < -0.4 is 5.32 Å². The second-order valence-corrected chi connectivity index (χ2v) is 3.25. The van der Waals surface area contributed by atoms with Crippen LogP contribution in [0.1, 0.15) is 13.1 Å². The van der Waals surface area contributed by atoms with E-state index in [0.29, 0.717) is 23.9 Å². The normalized spacial score (nSPS) is 29.8.